The number of halogens is 2. The van der Waals surface area contributed by atoms with Crippen LogP contribution >= 0.6 is 27.5 Å². The highest BCUT2D eigenvalue weighted by atomic mass is 79.9. The molecule has 5 heteroatoms. The van der Waals surface area contributed by atoms with Gasteiger partial charge in [0.1, 0.15) is 11.0 Å². The van der Waals surface area contributed by atoms with Crippen molar-refractivity contribution in [3.8, 4) is 6.07 Å². The second-order valence-corrected chi connectivity index (χ2v) is 5.01. The van der Waals surface area contributed by atoms with Crippen LogP contribution in [0.1, 0.15) is 11.1 Å². The van der Waals surface area contributed by atoms with Crippen LogP contribution in [-0.2, 0) is 0 Å². The molecule has 90 valence electrons. The fraction of sp³-hybridized carbons (Fsp3) is 0.0769. The Bertz CT molecular complexity index is 635. The zero-order valence-corrected chi connectivity index (χ0v) is 11.9. The number of nitrogens with zero attached hydrogens (tertiary/aromatic N) is 2. The van der Waals surface area contributed by atoms with E-state index >= 15 is 0 Å². The second-order valence-electron chi connectivity index (χ2n) is 3.76. The van der Waals surface area contributed by atoms with E-state index in [1.165, 1.54) is 6.07 Å². The average Bonchev–Trinajstić information content (AvgIpc) is 2.33. The van der Waals surface area contributed by atoms with E-state index in [0.29, 0.717) is 16.5 Å². The fourth-order valence-electron chi connectivity index (χ4n) is 1.44. The summed E-state index contributed by atoms with van der Waals surface area (Å²) >= 11 is 9.30. The van der Waals surface area contributed by atoms with Crippen LogP contribution in [0.4, 0.5) is 11.5 Å². The normalized spacial score (nSPS) is 9.89. The predicted octanol–water partition coefficient (Wildman–Crippen LogP) is 4.42. The summed E-state index contributed by atoms with van der Waals surface area (Å²) in [5.74, 6) is 0.551. The third kappa shape index (κ3) is 3.00. The van der Waals surface area contributed by atoms with E-state index in [1.807, 2.05) is 31.2 Å². The van der Waals surface area contributed by atoms with E-state index < -0.39 is 0 Å². The van der Waals surface area contributed by atoms with E-state index in [4.69, 9.17) is 16.9 Å². The minimum absolute atomic E-state index is 0.294. The van der Waals surface area contributed by atoms with Crippen molar-refractivity contribution in [3.63, 3.8) is 0 Å². The molecule has 3 nitrogen and oxygen atoms in total. The van der Waals surface area contributed by atoms with Gasteiger partial charge in [-0.2, -0.15) is 5.26 Å². The molecule has 0 spiro atoms. The van der Waals surface area contributed by atoms with Gasteiger partial charge in [0.25, 0.3) is 0 Å². The minimum atomic E-state index is 0.294. The largest absolute Gasteiger partial charge is 0.340 e. The van der Waals surface area contributed by atoms with Gasteiger partial charge in [0.15, 0.2) is 0 Å². The number of aromatic nitrogens is 1. The lowest BCUT2D eigenvalue weighted by Crippen LogP contribution is -1.95. The Hall–Kier alpha value is -1.57. The Labute approximate surface area is 119 Å². The van der Waals surface area contributed by atoms with Gasteiger partial charge in [-0.05, 0) is 36.8 Å². The topological polar surface area (TPSA) is 48.7 Å². The molecule has 0 saturated heterocycles. The highest BCUT2D eigenvalue weighted by Crippen LogP contribution is 2.24. The summed E-state index contributed by atoms with van der Waals surface area (Å²) in [7, 11) is 0. The fourth-order valence-corrected chi connectivity index (χ4v) is 2.03. The van der Waals surface area contributed by atoms with Crippen LogP contribution in [0.2, 0.25) is 5.15 Å². The van der Waals surface area contributed by atoms with Gasteiger partial charge >= 0.3 is 0 Å². The highest BCUT2D eigenvalue weighted by Gasteiger charge is 2.03. The monoisotopic (exact) mass is 321 g/mol. The van der Waals surface area contributed by atoms with Crippen molar-refractivity contribution in [2.24, 2.45) is 0 Å². The lowest BCUT2D eigenvalue weighted by atomic mass is 10.2. The summed E-state index contributed by atoms with van der Waals surface area (Å²) in [6.45, 7) is 2.01. The molecule has 0 bridgehead atoms. The van der Waals surface area contributed by atoms with E-state index in [2.05, 4.69) is 26.2 Å². The Morgan fingerprint density at radius 1 is 1.33 bits per heavy atom. The van der Waals surface area contributed by atoms with Gasteiger partial charge in [-0.15, -0.1) is 0 Å². The van der Waals surface area contributed by atoms with Crippen molar-refractivity contribution in [3.05, 3.63) is 51.1 Å². The van der Waals surface area contributed by atoms with Crippen LogP contribution in [0.3, 0.4) is 0 Å². The van der Waals surface area contributed by atoms with E-state index in [-0.39, 0.29) is 0 Å². The molecule has 18 heavy (non-hydrogen) atoms. The molecular formula is C13H9BrClN3. The van der Waals surface area contributed by atoms with Crippen molar-refractivity contribution in [1.29, 1.82) is 5.26 Å². The molecule has 0 saturated carbocycles. The Balaban J connectivity index is 2.31. The van der Waals surface area contributed by atoms with Crippen molar-refractivity contribution < 1.29 is 0 Å². The number of nitrogens with one attached hydrogen (secondary N) is 1. The summed E-state index contributed by atoms with van der Waals surface area (Å²) in [5.41, 5.74) is 2.51. The lowest BCUT2D eigenvalue weighted by Gasteiger charge is -2.08. The number of hydrogen-bond acceptors (Lipinski definition) is 3. The SMILES string of the molecule is Cc1ccc(Nc2cc(C#N)cc(Cl)n2)cc1Br. The quantitative estimate of drug-likeness (QED) is 0.833. The molecule has 0 amide bonds. The van der Waals surface area contributed by atoms with Crippen molar-refractivity contribution in [2.75, 3.05) is 5.32 Å². The van der Waals surface area contributed by atoms with Crippen LogP contribution in [0.5, 0.6) is 0 Å². The van der Waals surface area contributed by atoms with Crippen molar-refractivity contribution >= 4 is 39.0 Å². The molecule has 0 fully saturated rings. The smallest absolute Gasteiger partial charge is 0.133 e. The van der Waals surface area contributed by atoms with Crippen LogP contribution in [0.25, 0.3) is 0 Å². The second kappa shape index (κ2) is 5.38. The molecule has 1 N–H and O–H groups in total. The minimum Gasteiger partial charge on any atom is -0.340 e. The van der Waals surface area contributed by atoms with Gasteiger partial charge < -0.3 is 5.32 Å². The van der Waals surface area contributed by atoms with Crippen LogP contribution < -0.4 is 5.32 Å². The highest BCUT2D eigenvalue weighted by molar-refractivity contribution is 9.10. The van der Waals surface area contributed by atoms with E-state index in [9.17, 15) is 0 Å². The lowest BCUT2D eigenvalue weighted by molar-refractivity contribution is 1.29. The number of nitriles is 1. The van der Waals surface area contributed by atoms with Gasteiger partial charge in [0.05, 0.1) is 11.6 Å². The van der Waals surface area contributed by atoms with Crippen LogP contribution in [0, 0.1) is 18.3 Å². The maximum absolute atomic E-state index is 8.86. The number of anilines is 2. The Morgan fingerprint density at radius 2 is 2.11 bits per heavy atom. The first-order valence-electron chi connectivity index (χ1n) is 5.19. The van der Waals surface area contributed by atoms with Gasteiger partial charge in [-0.25, -0.2) is 4.98 Å². The van der Waals surface area contributed by atoms with Gasteiger partial charge in [0, 0.05) is 10.2 Å². The molecule has 1 aromatic carbocycles. The molecule has 0 aliphatic heterocycles. The Kier molecular flexibility index (Phi) is 3.85. The summed E-state index contributed by atoms with van der Waals surface area (Å²) in [5, 5.41) is 12.3. The third-order valence-electron chi connectivity index (χ3n) is 2.37. The first-order valence-corrected chi connectivity index (χ1v) is 6.36. The molecule has 0 aliphatic rings. The standard InChI is InChI=1S/C13H9BrClN3/c1-8-2-3-10(6-11(8)14)17-13-5-9(7-16)4-12(15)18-13/h2-6H,1H3,(H,17,18). The zero-order valence-electron chi connectivity index (χ0n) is 9.54. The molecule has 2 aromatic rings. The maximum Gasteiger partial charge on any atom is 0.133 e. The Morgan fingerprint density at radius 3 is 2.78 bits per heavy atom. The number of rotatable bonds is 2. The first-order chi connectivity index (χ1) is 8.58. The summed E-state index contributed by atoms with van der Waals surface area (Å²) in [6, 6.07) is 11.1. The molecule has 0 aliphatic carbocycles. The van der Waals surface area contributed by atoms with Gasteiger partial charge in [0.2, 0.25) is 0 Å². The molecular weight excluding hydrogens is 314 g/mol. The van der Waals surface area contributed by atoms with Crippen LogP contribution in [0.15, 0.2) is 34.8 Å². The van der Waals surface area contributed by atoms with E-state index in [1.54, 1.807) is 6.07 Å². The molecule has 2 rings (SSSR count). The molecule has 0 radical (unpaired) electrons. The molecule has 0 unspecified atom stereocenters. The first kappa shape index (κ1) is 12.9. The van der Waals surface area contributed by atoms with Crippen LogP contribution in [-0.4, -0.2) is 4.98 Å². The number of hydrogen-bond donors (Lipinski definition) is 1. The summed E-state index contributed by atoms with van der Waals surface area (Å²) in [6.07, 6.45) is 0. The summed E-state index contributed by atoms with van der Waals surface area (Å²) < 4.78 is 1.01. The predicted molar refractivity (Wildman–Crippen MR) is 76.1 cm³/mol. The molecule has 1 aromatic heterocycles. The van der Waals surface area contributed by atoms with Gasteiger partial charge in [-0.3, -0.25) is 0 Å². The number of pyridine rings is 1. The zero-order chi connectivity index (χ0) is 13.1. The van der Waals surface area contributed by atoms with Crippen molar-refractivity contribution in [1.82, 2.24) is 4.98 Å². The molecule has 0 atom stereocenters. The van der Waals surface area contributed by atoms with Crippen molar-refractivity contribution in [2.45, 2.75) is 6.92 Å². The average molecular weight is 323 g/mol. The van der Waals surface area contributed by atoms with Gasteiger partial charge in [-0.1, -0.05) is 33.6 Å². The maximum atomic E-state index is 8.86. The molecule has 1 heterocycles. The van der Waals surface area contributed by atoms with E-state index in [0.717, 1.165) is 15.7 Å². The summed E-state index contributed by atoms with van der Waals surface area (Å²) in [4.78, 5) is 4.12. The number of aryl methyl sites for hydroxylation is 1. The third-order valence-corrected chi connectivity index (χ3v) is 3.42. The number of benzene rings is 1.